The second-order valence-corrected chi connectivity index (χ2v) is 6.21. The van der Waals surface area contributed by atoms with E-state index in [1.165, 1.54) is 18.2 Å². The lowest BCUT2D eigenvalue weighted by atomic mass is 10.2. The lowest BCUT2D eigenvalue weighted by molar-refractivity contribution is -0.116. The Balaban J connectivity index is 1.57. The highest BCUT2D eigenvalue weighted by Crippen LogP contribution is 2.27. The number of carbonyl (C=O) groups excluding carboxylic acids is 1. The first kappa shape index (κ1) is 19.4. The van der Waals surface area contributed by atoms with E-state index in [1.54, 1.807) is 38.5 Å². The van der Waals surface area contributed by atoms with E-state index < -0.39 is 0 Å². The van der Waals surface area contributed by atoms with E-state index in [0.717, 1.165) is 22.4 Å². The SMILES string of the molecule is COc1ccc(/C=C/C(=O)NCCc2nc3ccc(F)cc3n2C)cc1OC. The number of hydrogen-bond acceptors (Lipinski definition) is 4. The van der Waals surface area contributed by atoms with E-state index >= 15 is 0 Å². The van der Waals surface area contributed by atoms with Crippen LogP contribution in [0.4, 0.5) is 4.39 Å². The Labute approximate surface area is 162 Å². The molecule has 0 bridgehead atoms. The molecule has 3 aromatic rings. The van der Waals surface area contributed by atoms with Gasteiger partial charge in [-0.05, 0) is 42.0 Å². The van der Waals surface area contributed by atoms with Gasteiger partial charge in [0.2, 0.25) is 5.91 Å². The van der Waals surface area contributed by atoms with Crippen molar-refractivity contribution in [1.82, 2.24) is 14.9 Å². The largest absolute Gasteiger partial charge is 0.493 e. The molecule has 0 saturated heterocycles. The molecule has 0 fully saturated rings. The Morgan fingerprint density at radius 2 is 1.96 bits per heavy atom. The molecular formula is C21H22FN3O3. The summed E-state index contributed by atoms with van der Waals surface area (Å²) in [5.74, 6) is 1.51. The first-order valence-corrected chi connectivity index (χ1v) is 8.80. The number of ether oxygens (including phenoxy) is 2. The molecule has 146 valence electrons. The number of halogens is 1. The summed E-state index contributed by atoms with van der Waals surface area (Å²) in [5.41, 5.74) is 2.29. The minimum absolute atomic E-state index is 0.209. The van der Waals surface area contributed by atoms with E-state index in [9.17, 15) is 9.18 Å². The van der Waals surface area contributed by atoms with Crippen molar-refractivity contribution < 1.29 is 18.7 Å². The van der Waals surface area contributed by atoms with Gasteiger partial charge in [-0.25, -0.2) is 9.37 Å². The summed E-state index contributed by atoms with van der Waals surface area (Å²) in [6.07, 6.45) is 3.71. The Hall–Kier alpha value is -3.35. The Morgan fingerprint density at radius 1 is 1.18 bits per heavy atom. The molecule has 0 unspecified atom stereocenters. The van der Waals surface area contributed by atoms with E-state index in [2.05, 4.69) is 10.3 Å². The van der Waals surface area contributed by atoms with Crippen molar-refractivity contribution in [3.8, 4) is 11.5 Å². The van der Waals surface area contributed by atoms with Gasteiger partial charge in [-0.2, -0.15) is 0 Å². The van der Waals surface area contributed by atoms with E-state index in [-0.39, 0.29) is 11.7 Å². The Kier molecular flexibility index (Phi) is 5.93. The fraction of sp³-hybridized carbons (Fsp3) is 0.238. The number of imidazole rings is 1. The molecule has 0 aliphatic rings. The van der Waals surface area contributed by atoms with Crippen molar-refractivity contribution in [2.45, 2.75) is 6.42 Å². The lowest BCUT2D eigenvalue weighted by Gasteiger charge is -2.07. The number of aromatic nitrogens is 2. The molecule has 3 rings (SSSR count). The summed E-state index contributed by atoms with van der Waals surface area (Å²) in [5, 5.41) is 2.83. The van der Waals surface area contributed by atoms with Crippen LogP contribution in [0.25, 0.3) is 17.1 Å². The highest BCUT2D eigenvalue weighted by atomic mass is 19.1. The topological polar surface area (TPSA) is 65.4 Å². The molecule has 2 aromatic carbocycles. The number of benzene rings is 2. The molecule has 7 heteroatoms. The highest BCUT2D eigenvalue weighted by Gasteiger charge is 2.09. The first-order valence-electron chi connectivity index (χ1n) is 8.80. The summed E-state index contributed by atoms with van der Waals surface area (Å²) in [4.78, 5) is 16.5. The first-order chi connectivity index (χ1) is 13.5. The van der Waals surface area contributed by atoms with Gasteiger partial charge >= 0.3 is 0 Å². The van der Waals surface area contributed by atoms with Gasteiger partial charge in [-0.15, -0.1) is 0 Å². The van der Waals surface area contributed by atoms with Gasteiger partial charge in [0.05, 0.1) is 25.3 Å². The molecule has 1 N–H and O–H groups in total. The summed E-state index contributed by atoms with van der Waals surface area (Å²) < 4.78 is 25.7. The number of hydrogen-bond donors (Lipinski definition) is 1. The zero-order valence-corrected chi connectivity index (χ0v) is 16.0. The van der Waals surface area contributed by atoms with Crippen molar-refractivity contribution in [3.05, 3.63) is 59.7 Å². The molecule has 6 nitrogen and oxygen atoms in total. The third kappa shape index (κ3) is 4.31. The van der Waals surface area contributed by atoms with Crippen LogP contribution in [0.2, 0.25) is 0 Å². The Morgan fingerprint density at radius 3 is 2.71 bits per heavy atom. The predicted octanol–water partition coefficient (Wildman–Crippen LogP) is 3.10. The number of nitrogens with one attached hydrogen (secondary N) is 1. The van der Waals surface area contributed by atoms with Gasteiger partial charge in [0.15, 0.2) is 11.5 Å². The summed E-state index contributed by atoms with van der Waals surface area (Å²) in [7, 11) is 4.97. The molecule has 1 aromatic heterocycles. The van der Waals surface area contributed by atoms with Crippen molar-refractivity contribution >= 4 is 23.0 Å². The number of amides is 1. The van der Waals surface area contributed by atoms with Gasteiger partial charge in [0, 0.05) is 26.1 Å². The van der Waals surface area contributed by atoms with Crippen LogP contribution in [0.1, 0.15) is 11.4 Å². The van der Waals surface area contributed by atoms with E-state index in [0.29, 0.717) is 24.5 Å². The molecule has 1 heterocycles. The number of nitrogens with zero attached hydrogens (tertiary/aromatic N) is 2. The van der Waals surface area contributed by atoms with Crippen LogP contribution in [-0.2, 0) is 18.3 Å². The molecule has 0 radical (unpaired) electrons. The van der Waals surface area contributed by atoms with Gasteiger partial charge in [0.25, 0.3) is 0 Å². The number of rotatable bonds is 7. The van der Waals surface area contributed by atoms with Crippen molar-refractivity contribution in [3.63, 3.8) is 0 Å². The minimum atomic E-state index is -0.296. The summed E-state index contributed by atoms with van der Waals surface area (Å²) >= 11 is 0. The van der Waals surface area contributed by atoms with Crippen LogP contribution >= 0.6 is 0 Å². The van der Waals surface area contributed by atoms with Crippen molar-refractivity contribution in [2.24, 2.45) is 7.05 Å². The molecule has 0 aliphatic carbocycles. The van der Waals surface area contributed by atoms with Gasteiger partial charge in [0.1, 0.15) is 11.6 Å². The van der Waals surface area contributed by atoms with Crippen LogP contribution in [0.15, 0.2) is 42.5 Å². The summed E-state index contributed by atoms with van der Waals surface area (Å²) in [6.45, 7) is 0.425. The third-order valence-electron chi connectivity index (χ3n) is 4.42. The highest BCUT2D eigenvalue weighted by molar-refractivity contribution is 5.91. The predicted molar refractivity (Wildman–Crippen MR) is 106 cm³/mol. The minimum Gasteiger partial charge on any atom is -0.493 e. The lowest BCUT2D eigenvalue weighted by Crippen LogP contribution is -2.24. The average molecular weight is 383 g/mol. The number of carbonyl (C=O) groups is 1. The van der Waals surface area contributed by atoms with Gasteiger partial charge in [-0.3, -0.25) is 4.79 Å². The molecule has 0 saturated carbocycles. The van der Waals surface area contributed by atoms with Crippen molar-refractivity contribution in [2.75, 3.05) is 20.8 Å². The van der Waals surface area contributed by atoms with Gasteiger partial charge in [-0.1, -0.05) is 6.07 Å². The maximum atomic E-state index is 13.4. The van der Waals surface area contributed by atoms with E-state index in [1.807, 2.05) is 17.7 Å². The second-order valence-electron chi connectivity index (χ2n) is 6.21. The van der Waals surface area contributed by atoms with Gasteiger partial charge < -0.3 is 19.4 Å². The van der Waals surface area contributed by atoms with Crippen LogP contribution in [0.5, 0.6) is 11.5 Å². The molecule has 1 amide bonds. The molecule has 0 atom stereocenters. The quantitative estimate of drug-likeness (QED) is 0.637. The molecule has 0 aliphatic heterocycles. The normalized spacial score (nSPS) is 11.1. The number of methoxy groups -OCH3 is 2. The van der Waals surface area contributed by atoms with Crippen LogP contribution in [0.3, 0.4) is 0 Å². The van der Waals surface area contributed by atoms with Crippen LogP contribution in [-0.4, -0.2) is 36.2 Å². The molecule has 28 heavy (non-hydrogen) atoms. The maximum Gasteiger partial charge on any atom is 0.244 e. The standard InChI is InChI=1S/C21H22FN3O3/c1-25-17-13-15(22)6-7-16(17)24-20(25)10-11-23-21(26)9-5-14-4-8-18(27-2)19(12-14)28-3/h4-9,12-13H,10-11H2,1-3H3,(H,23,26)/b9-5+. The summed E-state index contributed by atoms with van der Waals surface area (Å²) in [6, 6.07) is 9.91. The number of aryl methyl sites for hydroxylation is 1. The fourth-order valence-corrected chi connectivity index (χ4v) is 2.92. The smallest absolute Gasteiger partial charge is 0.244 e. The second kappa shape index (κ2) is 8.56. The molecule has 0 spiro atoms. The third-order valence-corrected chi connectivity index (χ3v) is 4.42. The van der Waals surface area contributed by atoms with E-state index in [4.69, 9.17) is 9.47 Å². The fourth-order valence-electron chi connectivity index (χ4n) is 2.92. The van der Waals surface area contributed by atoms with Crippen LogP contribution in [0, 0.1) is 5.82 Å². The van der Waals surface area contributed by atoms with Crippen LogP contribution < -0.4 is 14.8 Å². The number of fused-ring (bicyclic) bond motifs is 1. The maximum absolute atomic E-state index is 13.4. The molecular weight excluding hydrogens is 361 g/mol. The zero-order chi connectivity index (χ0) is 20.1. The monoisotopic (exact) mass is 383 g/mol. The average Bonchev–Trinajstić information content (AvgIpc) is 3.01. The zero-order valence-electron chi connectivity index (χ0n) is 16.0. The Bertz CT molecular complexity index is 1030. The van der Waals surface area contributed by atoms with Crippen molar-refractivity contribution in [1.29, 1.82) is 0 Å².